The summed E-state index contributed by atoms with van der Waals surface area (Å²) in [5, 5.41) is 2.99. The van der Waals surface area contributed by atoms with E-state index in [-0.39, 0.29) is 11.9 Å². The van der Waals surface area contributed by atoms with E-state index in [2.05, 4.69) is 5.32 Å². The highest BCUT2D eigenvalue weighted by atomic mass is 32.2. The van der Waals surface area contributed by atoms with Crippen molar-refractivity contribution in [3.63, 3.8) is 0 Å². The molecule has 146 valence electrons. The molecule has 0 aliphatic rings. The van der Waals surface area contributed by atoms with Crippen molar-refractivity contribution in [1.82, 2.24) is 5.32 Å². The summed E-state index contributed by atoms with van der Waals surface area (Å²) in [6, 6.07) is 14.2. The van der Waals surface area contributed by atoms with Crippen LogP contribution in [0.1, 0.15) is 43.0 Å². The van der Waals surface area contributed by atoms with Gasteiger partial charge in [-0.05, 0) is 49.9 Å². The lowest BCUT2D eigenvalue weighted by atomic mass is 10.0. The quantitative estimate of drug-likeness (QED) is 0.786. The highest BCUT2D eigenvalue weighted by Gasteiger charge is 2.31. The molecule has 0 saturated heterocycles. The second-order valence-electron chi connectivity index (χ2n) is 6.90. The molecule has 0 heterocycles. The van der Waals surface area contributed by atoms with Crippen LogP contribution in [-0.4, -0.2) is 26.6 Å². The summed E-state index contributed by atoms with van der Waals surface area (Å²) in [5.74, 6) is -0.322. The lowest BCUT2D eigenvalue weighted by Crippen LogP contribution is -2.48. The minimum absolute atomic E-state index is 0.166. The smallest absolute Gasteiger partial charge is 0.244 e. The highest BCUT2D eigenvalue weighted by Crippen LogP contribution is 2.27. The molecular formula is C21H28N2O3S. The first-order valence-electron chi connectivity index (χ1n) is 9.07. The number of rotatable bonds is 7. The Morgan fingerprint density at radius 1 is 1.11 bits per heavy atom. The van der Waals surface area contributed by atoms with Gasteiger partial charge in [-0.3, -0.25) is 9.10 Å². The predicted octanol–water partition coefficient (Wildman–Crippen LogP) is 3.73. The number of hydrogen-bond donors (Lipinski definition) is 1. The van der Waals surface area contributed by atoms with Gasteiger partial charge in [-0.15, -0.1) is 0 Å². The van der Waals surface area contributed by atoms with E-state index in [1.54, 1.807) is 13.0 Å². The van der Waals surface area contributed by atoms with Gasteiger partial charge in [0.05, 0.1) is 18.0 Å². The molecule has 0 radical (unpaired) electrons. The minimum atomic E-state index is -3.64. The maximum absolute atomic E-state index is 12.9. The molecule has 6 heteroatoms. The molecule has 2 unspecified atom stereocenters. The van der Waals surface area contributed by atoms with Crippen LogP contribution in [0.25, 0.3) is 0 Å². The molecule has 1 amide bonds. The monoisotopic (exact) mass is 388 g/mol. The Morgan fingerprint density at radius 2 is 1.74 bits per heavy atom. The third-order valence-electron chi connectivity index (χ3n) is 4.62. The van der Waals surface area contributed by atoms with Crippen LogP contribution in [0.2, 0.25) is 0 Å². The molecule has 5 nitrogen and oxygen atoms in total. The molecule has 0 spiro atoms. The minimum Gasteiger partial charge on any atom is -0.347 e. The molecule has 2 aromatic carbocycles. The van der Waals surface area contributed by atoms with Gasteiger partial charge in [0.25, 0.3) is 0 Å². The number of amides is 1. The molecule has 2 atom stereocenters. The van der Waals surface area contributed by atoms with Crippen molar-refractivity contribution in [3.05, 3.63) is 65.2 Å². The number of hydrogen-bond acceptors (Lipinski definition) is 3. The van der Waals surface area contributed by atoms with Crippen LogP contribution >= 0.6 is 0 Å². The summed E-state index contributed by atoms with van der Waals surface area (Å²) in [5.41, 5.74) is 3.28. The molecule has 27 heavy (non-hydrogen) atoms. The number of carbonyl (C=O) groups excluding carboxylic acids is 1. The fraction of sp³-hybridized carbons (Fsp3) is 0.381. The Kier molecular flexibility index (Phi) is 6.65. The fourth-order valence-electron chi connectivity index (χ4n) is 3.14. The predicted molar refractivity (Wildman–Crippen MR) is 110 cm³/mol. The summed E-state index contributed by atoms with van der Waals surface area (Å²) in [7, 11) is -3.64. The Hall–Kier alpha value is -2.34. The third kappa shape index (κ3) is 5.10. The number of nitrogens with zero attached hydrogens (tertiary/aromatic N) is 1. The van der Waals surface area contributed by atoms with Crippen molar-refractivity contribution in [2.45, 2.75) is 46.2 Å². The Bertz CT molecular complexity index is 895. The van der Waals surface area contributed by atoms with Gasteiger partial charge < -0.3 is 5.32 Å². The lowest BCUT2D eigenvalue weighted by molar-refractivity contribution is -0.122. The van der Waals surface area contributed by atoms with Gasteiger partial charge in [-0.2, -0.15) is 0 Å². The van der Waals surface area contributed by atoms with Gasteiger partial charge >= 0.3 is 0 Å². The highest BCUT2D eigenvalue weighted by molar-refractivity contribution is 7.92. The molecule has 0 aliphatic carbocycles. The first-order valence-corrected chi connectivity index (χ1v) is 10.9. The van der Waals surface area contributed by atoms with Gasteiger partial charge in [0.2, 0.25) is 15.9 Å². The van der Waals surface area contributed by atoms with Crippen LogP contribution in [0.5, 0.6) is 0 Å². The van der Waals surface area contributed by atoms with E-state index >= 15 is 0 Å². The Balaban J connectivity index is 2.34. The maximum Gasteiger partial charge on any atom is 0.244 e. The molecule has 2 rings (SSSR count). The number of carbonyl (C=O) groups is 1. The maximum atomic E-state index is 12.9. The Morgan fingerprint density at radius 3 is 2.30 bits per heavy atom. The van der Waals surface area contributed by atoms with E-state index in [1.165, 1.54) is 4.31 Å². The summed E-state index contributed by atoms with van der Waals surface area (Å²) >= 11 is 0. The number of benzene rings is 2. The van der Waals surface area contributed by atoms with Crippen LogP contribution in [-0.2, 0) is 14.8 Å². The van der Waals surface area contributed by atoms with Crippen molar-refractivity contribution in [3.8, 4) is 0 Å². The van der Waals surface area contributed by atoms with Gasteiger partial charge in [-0.25, -0.2) is 8.42 Å². The van der Waals surface area contributed by atoms with E-state index in [0.29, 0.717) is 12.1 Å². The van der Waals surface area contributed by atoms with E-state index in [9.17, 15) is 13.2 Å². The zero-order valence-corrected chi connectivity index (χ0v) is 17.4. The standard InChI is InChI=1S/C21H28N2O3S/c1-6-19(18-10-8-7-9-11-18)22-21(24)17(4)23(27(5,25)26)20-14-15(2)12-13-16(20)3/h7-14,17,19H,6H2,1-5H3,(H,22,24). The average molecular weight is 389 g/mol. The summed E-state index contributed by atoms with van der Waals surface area (Å²) in [6.07, 6.45) is 1.85. The van der Waals surface area contributed by atoms with Crippen molar-refractivity contribution >= 4 is 21.6 Å². The van der Waals surface area contributed by atoms with E-state index < -0.39 is 16.1 Å². The van der Waals surface area contributed by atoms with Gasteiger partial charge in [0.1, 0.15) is 6.04 Å². The average Bonchev–Trinajstić information content (AvgIpc) is 2.62. The molecule has 2 aromatic rings. The van der Waals surface area contributed by atoms with Crippen molar-refractivity contribution in [2.75, 3.05) is 10.6 Å². The van der Waals surface area contributed by atoms with Gasteiger partial charge in [-0.1, -0.05) is 49.4 Å². The number of anilines is 1. The zero-order valence-electron chi connectivity index (χ0n) is 16.6. The second-order valence-corrected chi connectivity index (χ2v) is 8.76. The largest absolute Gasteiger partial charge is 0.347 e. The van der Waals surface area contributed by atoms with Gasteiger partial charge in [0.15, 0.2) is 0 Å². The normalized spacial score (nSPS) is 13.7. The summed E-state index contributed by atoms with van der Waals surface area (Å²) in [4.78, 5) is 12.9. The van der Waals surface area contributed by atoms with Crippen LogP contribution in [0.4, 0.5) is 5.69 Å². The first-order chi connectivity index (χ1) is 12.6. The van der Waals surface area contributed by atoms with Gasteiger partial charge in [0, 0.05) is 0 Å². The van der Waals surface area contributed by atoms with Crippen molar-refractivity contribution in [1.29, 1.82) is 0 Å². The summed E-state index contributed by atoms with van der Waals surface area (Å²) in [6.45, 7) is 7.35. The number of nitrogens with one attached hydrogen (secondary N) is 1. The molecule has 0 saturated carbocycles. The SMILES string of the molecule is CCC(NC(=O)C(C)N(c1cc(C)ccc1C)S(C)(=O)=O)c1ccccc1. The number of aryl methyl sites for hydroxylation is 2. The zero-order chi connectivity index (χ0) is 20.2. The third-order valence-corrected chi connectivity index (χ3v) is 5.84. The molecule has 0 aromatic heterocycles. The summed E-state index contributed by atoms with van der Waals surface area (Å²) < 4.78 is 26.2. The molecule has 0 aliphatic heterocycles. The van der Waals surface area contributed by atoms with E-state index in [1.807, 2.05) is 63.2 Å². The molecule has 0 bridgehead atoms. The topological polar surface area (TPSA) is 66.5 Å². The fourth-order valence-corrected chi connectivity index (χ4v) is 4.36. The van der Waals surface area contributed by atoms with Crippen molar-refractivity contribution < 1.29 is 13.2 Å². The number of sulfonamides is 1. The first kappa shape index (κ1) is 21.0. The van der Waals surface area contributed by atoms with Crippen LogP contribution in [0, 0.1) is 13.8 Å². The van der Waals surface area contributed by atoms with E-state index in [4.69, 9.17) is 0 Å². The lowest BCUT2D eigenvalue weighted by Gasteiger charge is -2.31. The van der Waals surface area contributed by atoms with Crippen molar-refractivity contribution in [2.24, 2.45) is 0 Å². The van der Waals surface area contributed by atoms with Crippen LogP contribution < -0.4 is 9.62 Å². The molecular weight excluding hydrogens is 360 g/mol. The Labute approximate surface area is 162 Å². The van der Waals surface area contributed by atoms with Crippen LogP contribution in [0.15, 0.2) is 48.5 Å². The second kappa shape index (κ2) is 8.57. The van der Waals surface area contributed by atoms with E-state index in [0.717, 1.165) is 22.9 Å². The molecule has 1 N–H and O–H groups in total. The molecule has 0 fully saturated rings. The van der Waals surface area contributed by atoms with Crippen LogP contribution in [0.3, 0.4) is 0 Å².